The zero-order valence-electron chi connectivity index (χ0n) is 14.3. The molecule has 0 bridgehead atoms. The summed E-state index contributed by atoms with van der Waals surface area (Å²) in [7, 11) is -0.964. The fourth-order valence-corrected chi connectivity index (χ4v) is 5.41. The number of hydrogen-bond acceptors (Lipinski definition) is 5. The van der Waals surface area contributed by atoms with Gasteiger partial charge in [-0.05, 0) is 36.6 Å². The van der Waals surface area contributed by atoms with Gasteiger partial charge in [0, 0.05) is 22.9 Å². The van der Waals surface area contributed by atoms with Crippen LogP contribution in [0.4, 0.5) is 4.39 Å². The van der Waals surface area contributed by atoms with E-state index in [2.05, 4.69) is 16.6 Å². The molecule has 0 aliphatic carbocycles. The van der Waals surface area contributed by atoms with Crippen LogP contribution in [-0.4, -0.2) is 38.7 Å². The Morgan fingerprint density at radius 3 is 2.96 bits per heavy atom. The van der Waals surface area contributed by atoms with Crippen molar-refractivity contribution >= 4 is 38.9 Å². The number of nitriles is 1. The van der Waals surface area contributed by atoms with Crippen LogP contribution in [0.3, 0.4) is 0 Å². The molecule has 2 aliphatic rings. The molecule has 0 amide bonds. The molecule has 1 unspecified atom stereocenters. The third-order valence-corrected chi connectivity index (χ3v) is 7.54. The Morgan fingerprint density at radius 1 is 1.58 bits per heavy atom. The zero-order valence-corrected chi connectivity index (χ0v) is 16.0. The molecule has 0 spiro atoms. The second-order valence-electron chi connectivity index (χ2n) is 6.27. The highest BCUT2D eigenvalue weighted by atomic mass is 32.2. The van der Waals surface area contributed by atoms with E-state index in [1.807, 2.05) is 19.1 Å². The summed E-state index contributed by atoms with van der Waals surface area (Å²) in [6, 6.07) is 6.17. The van der Waals surface area contributed by atoms with E-state index in [-0.39, 0.29) is 17.3 Å². The SMILES string of the molecule is C=S1(=O)C[C@@](C)(C2=CC(c3ccc(F)c(C#N)c3)=C=CS2)N=C(N)N1C. The summed E-state index contributed by atoms with van der Waals surface area (Å²) in [5, 5.41) is 10.8. The Labute approximate surface area is 156 Å². The lowest BCUT2D eigenvalue weighted by Crippen LogP contribution is -2.51. The maximum atomic E-state index is 13.6. The van der Waals surface area contributed by atoms with Crippen molar-refractivity contribution in [3.63, 3.8) is 0 Å². The van der Waals surface area contributed by atoms with Gasteiger partial charge in [-0.25, -0.2) is 13.6 Å². The topological polar surface area (TPSA) is 82.5 Å². The normalized spacial score (nSPS) is 28.1. The molecule has 26 heavy (non-hydrogen) atoms. The van der Waals surface area contributed by atoms with Crippen LogP contribution >= 0.6 is 11.8 Å². The summed E-state index contributed by atoms with van der Waals surface area (Å²) in [4.78, 5) is 5.36. The minimum Gasteiger partial charge on any atom is -0.369 e. The molecule has 3 rings (SSSR count). The molecule has 1 aromatic carbocycles. The molecular formula is C18H17FN4OS2. The zero-order chi connectivity index (χ0) is 19.1. The maximum absolute atomic E-state index is 13.6. The van der Waals surface area contributed by atoms with Crippen molar-refractivity contribution in [2.45, 2.75) is 12.5 Å². The third kappa shape index (κ3) is 3.17. The van der Waals surface area contributed by atoms with Crippen molar-refractivity contribution in [3.05, 3.63) is 57.3 Å². The van der Waals surface area contributed by atoms with Crippen LogP contribution in [0.5, 0.6) is 0 Å². The predicted octanol–water partition coefficient (Wildman–Crippen LogP) is 2.47. The van der Waals surface area contributed by atoms with Crippen molar-refractivity contribution in [1.82, 2.24) is 4.31 Å². The number of allylic oxidation sites excluding steroid dienone is 2. The summed E-state index contributed by atoms with van der Waals surface area (Å²) >= 11 is 1.41. The van der Waals surface area contributed by atoms with Gasteiger partial charge in [-0.15, -0.1) is 5.73 Å². The first-order chi connectivity index (χ1) is 12.2. The van der Waals surface area contributed by atoms with E-state index in [9.17, 15) is 8.60 Å². The monoisotopic (exact) mass is 388 g/mol. The summed E-state index contributed by atoms with van der Waals surface area (Å²) in [6.07, 6.45) is 1.86. The molecule has 2 atom stereocenters. The van der Waals surface area contributed by atoms with Crippen LogP contribution in [0.15, 0.2) is 45.3 Å². The summed E-state index contributed by atoms with van der Waals surface area (Å²) in [6.45, 7) is 1.86. The second kappa shape index (κ2) is 6.36. The standard InChI is InChI=1S/C18H17FN4OS2/c1-18(11-26(3,24)23(2)17(21)22-18)16-9-13(6-7-25-16)12-4-5-15(19)14(8-12)10-20/h4-5,7-9H,3,11H2,1-2H3,(H2,21,22)/t18-,26?/m0/s1. The Kier molecular flexibility index (Phi) is 4.49. The Bertz CT molecular complexity index is 1060. The van der Waals surface area contributed by atoms with Gasteiger partial charge in [0.25, 0.3) is 0 Å². The largest absolute Gasteiger partial charge is 0.369 e. The first kappa shape index (κ1) is 18.3. The van der Waals surface area contributed by atoms with Gasteiger partial charge >= 0.3 is 0 Å². The highest BCUT2D eigenvalue weighted by molar-refractivity contribution is 8.06. The van der Waals surface area contributed by atoms with Crippen molar-refractivity contribution in [3.8, 4) is 6.07 Å². The van der Waals surface area contributed by atoms with Crippen LogP contribution in [0.2, 0.25) is 0 Å². The highest BCUT2D eigenvalue weighted by Gasteiger charge is 2.39. The van der Waals surface area contributed by atoms with Crippen molar-refractivity contribution < 1.29 is 8.60 Å². The molecule has 134 valence electrons. The van der Waals surface area contributed by atoms with Gasteiger partial charge in [0.2, 0.25) is 5.96 Å². The number of nitrogens with two attached hydrogens (primary N) is 1. The van der Waals surface area contributed by atoms with Crippen LogP contribution < -0.4 is 5.73 Å². The number of rotatable bonds is 2. The first-order valence-electron chi connectivity index (χ1n) is 7.64. The second-order valence-corrected chi connectivity index (χ2v) is 9.56. The average Bonchev–Trinajstić information content (AvgIpc) is 2.60. The van der Waals surface area contributed by atoms with E-state index in [1.54, 1.807) is 18.5 Å². The number of guanidine groups is 1. The lowest BCUT2D eigenvalue weighted by Gasteiger charge is -2.38. The Balaban J connectivity index is 2.05. The Morgan fingerprint density at radius 2 is 2.31 bits per heavy atom. The van der Waals surface area contributed by atoms with E-state index in [1.165, 1.54) is 28.2 Å². The van der Waals surface area contributed by atoms with Crippen LogP contribution in [0.1, 0.15) is 18.1 Å². The number of nitrogens with zero attached hydrogens (tertiary/aromatic N) is 3. The molecule has 2 N–H and O–H groups in total. The van der Waals surface area contributed by atoms with E-state index >= 15 is 0 Å². The molecule has 0 aromatic heterocycles. The van der Waals surface area contributed by atoms with Gasteiger partial charge in [0.05, 0.1) is 21.0 Å². The summed E-state index contributed by atoms with van der Waals surface area (Å²) in [5.41, 5.74) is 9.59. The highest BCUT2D eigenvalue weighted by Crippen LogP contribution is 2.40. The average molecular weight is 388 g/mol. The number of thioether (sulfide) groups is 1. The number of hydrogen-bond donors (Lipinski definition) is 1. The number of aliphatic imine (C=N–C) groups is 1. The lowest BCUT2D eigenvalue weighted by molar-refractivity contribution is 0.567. The number of benzene rings is 1. The number of halogens is 1. The molecule has 0 saturated carbocycles. The van der Waals surface area contributed by atoms with E-state index in [4.69, 9.17) is 11.0 Å². The van der Waals surface area contributed by atoms with Gasteiger partial charge < -0.3 is 5.73 Å². The lowest BCUT2D eigenvalue weighted by atomic mass is 9.99. The van der Waals surface area contributed by atoms with Crippen LogP contribution in [0, 0.1) is 17.1 Å². The fraction of sp³-hybridized carbons (Fsp3) is 0.222. The van der Waals surface area contributed by atoms with Crippen molar-refractivity contribution in [2.24, 2.45) is 10.7 Å². The van der Waals surface area contributed by atoms with E-state index in [0.717, 1.165) is 4.91 Å². The van der Waals surface area contributed by atoms with E-state index in [0.29, 0.717) is 11.1 Å². The van der Waals surface area contributed by atoms with Crippen molar-refractivity contribution in [1.29, 1.82) is 5.26 Å². The molecule has 1 aromatic rings. The maximum Gasteiger partial charge on any atom is 0.203 e. The molecule has 2 heterocycles. The molecule has 8 heteroatoms. The minimum absolute atomic E-state index is 0.0291. The van der Waals surface area contributed by atoms with Crippen LogP contribution in [-0.2, 0) is 9.71 Å². The van der Waals surface area contributed by atoms with E-state index < -0.39 is 21.1 Å². The fourth-order valence-electron chi connectivity index (χ4n) is 2.78. The minimum atomic E-state index is -2.58. The van der Waals surface area contributed by atoms with Crippen LogP contribution in [0.25, 0.3) is 5.57 Å². The molecule has 0 saturated heterocycles. The molecule has 5 nitrogen and oxygen atoms in total. The van der Waals surface area contributed by atoms with Gasteiger partial charge in [-0.3, -0.25) is 4.31 Å². The molecule has 2 aliphatic heterocycles. The predicted molar refractivity (Wildman–Crippen MR) is 106 cm³/mol. The van der Waals surface area contributed by atoms with Gasteiger partial charge in [0.15, 0.2) is 0 Å². The smallest absolute Gasteiger partial charge is 0.203 e. The molecular weight excluding hydrogens is 371 g/mol. The summed E-state index contributed by atoms with van der Waals surface area (Å²) < 4.78 is 27.8. The molecule has 0 radical (unpaired) electrons. The van der Waals surface area contributed by atoms with Gasteiger partial charge in [0.1, 0.15) is 17.4 Å². The van der Waals surface area contributed by atoms with Crippen molar-refractivity contribution in [2.75, 3.05) is 12.8 Å². The quantitative estimate of drug-likeness (QED) is 0.623. The summed E-state index contributed by atoms with van der Waals surface area (Å²) in [5.74, 6) is 3.64. The van der Waals surface area contributed by atoms with Gasteiger partial charge in [-0.1, -0.05) is 17.8 Å². The molecule has 0 fully saturated rings. The third-order valence-electron chi connectivity index (χ3n) is 4.29. The Hall–Kier alpha value is -2.46. The first-order valence-corrected chi connectivity index (χ1v) is 10.4. The van der Waals surface area contributed by atoms with Gasteiger partial charge in [-0.2, -0.15) is 5.26 Å².